The van der Waals surface area contributed by atoms with E-state index >= 15 is 0 Å². The Morgan fingerprint density at radius 1 is 0.955 bits per heavy atom. The molecule has 2 nitrogen and oxygen atoms in total. The maximum atomic E-state index is 12.1. The first-order valence-corrected chi connectivity index (χ1v) is 7.77. The Labute approximate surface area is 131 Å². The standard InChI is InChI=1S/C20H19NO/c22-21-16-7-6-15-20(21)19-14-5-4-12-18(19)13-8-11-17-9-2-1-3-10-17/h1-5,9-10,12,14H,6-7,11,15-16H2. The van der Waals surface area contributed by atoms with E-state index in [9.17, 15) is 5.21 Å². The molecule has 0 bridgehead atoms. The zero-order valence-corrected chi connectivity index (χ0v) is 12.6. The molecule has 0 saturated carbocycles. The van der Waals surface area contributed by atoms with Gasteiger partial charge in [-0.2, -0.15) is 0 Å². The van der Waals surface area contributed by atoms with E-state index in [0.717, 1.165) is 47.3 Å². The Morgan fingerprint density at radius 2 is 1.73 bits per heavy atom. The summed E-state index contributed by atoms with van der Waals surface area (Å²) in [5, 5.41) is 12.1. The van der Waals surface area contributed by atoms with Crippen LogP contribution in [0.25, 0.3) is 0 Å². The van der Waals surface area contributed by atoms with Gasteiger partial charge in [0.25, 0.3) is 0 Å². The molecule has 0 saturated heterocycles. The Bertz CT molecular complexity index is 735. The lowest BCUT2D eigenvalue weighted by atomic mass is 9.97. The van der Waals surface area contributed by atoms with Crippen LogP contribution in [0.3, 0.4) is 0 Å². The summed E-state index contributed by atoms with van der Waals surface area (Å²) in [4.78, 5) is 0. The molecule has 0 amide bonds. The molecule has 110 valence electrons. The molecule has 22 heavy (non-hydrogen) atoms. The van der Waals surface area contributed by atoms with Crippen molar-refractivity contribution in [3.8, 4) is 11.8 Å². The summed E-state index contributed by atoms with van der Waals surface area (Å²) >= 11 is 0. The maximum absolute atomic E-state index is 12.1. The molecule has 2 heteroatoms. The molecule has 0 aliphatic carbocycles. The second kappa shape index (κ2) is 6.95. The van der Waals surface area contributed by atoms with E-state index in [1.807, 2.05) is 42.5 Å². The van der Waals surface area contributed by atoms with Crippen LogP contribution in [0.5, 0.6) is 0 Å². The second-order valence-electron chi connectivity index (χ2n) is 5.52. The largest absolute Gasteiger partial charge is 0.624 e. The van der Waals surface area contributed by atoms with Gasteiger partial charge in [-0.05, 0) is 24.1 Å². The Balaban J connectivity index is 1.86. The number of benzene rings is 2. The minimum Gasteiger partial charge on any atom is -0.624 e. The molecule has 2 aromatic rings. The molecule has 3 rings (SSSR count). The van der Waals surface area contributed by atoms with E-state index in [1.165, 1.54) is 5.56 Å². The van der Waals surface area contributed by atoms with Crippen LogP contribution in [0, 0.1) is 17.0 Å². The zero-order chi connectivity index (χ0) is 15.2. The highest BCUT2D eigenvalue weighted by molar-refractivity contribution is 5.99. The fourth-order valence-corrected chi connectivity index (χ4v) is 2.76. The molecule has 0 N–H and O–H groups in total. The van der Waals surface area contributed by atoms with Crippen molar-refractivity contribution in [2.75, 3.05) is 6.54 Å². The third-order valence-electron chi connectivity index (χ3n) is 3.92. The predicted octanol–water partition coefficient (Wildman–Crippen LogP) is 3.76. The van der Waals surface area contributed by atoms with Gasteiger partial charge in [-0.1, -0.05) is 54.3 Å². The minimum atomic E-state index is 0.598. The van der Waals surface area contributed by atoms with Crippen LogP contribution in [0.2, 0.25) is 0 Å². The van der Waals surface area contributed by atoms with E-state index in [-0.39, 0.29) is 0 Å². The van der Waals surface area contributed by atoms with Crippen LogP contribution in [0.1, 0.15) is 36.0 Å². The first kappa shape index (κ1) is 14.4. The van der Waals surface area contributed by atoms with Crippen molar-refractivity contribution < 1.29 is 4.74 Å². The highest BCUT2D eigenvalue weighted by Crippen LogP contribution is 2.16. The molecule has 0 aromatic heterocycles. The molecular formula is C20H19NO. The average molecular weight is 289 g/mol. The van der Waals surface area contributed by atoms with Gasteiger partial charge in [-0.15, -0.1) is 0 Å². The van der Waals surface area contributed by atoms with Crippen molar-refractivity contribution >= 4 is 5.71 Å². The van der Waals surface area contributed by atoms with Gasteiger partial charge in [-0.25, -0.2) is 4.74 Å². The molecule has 0 atom stereocenters. The molecule has 1 aliphatic heterocycles. The van der Waals surface area contributed by atoms with Crippen LogP contribution in [-0.4, -0.2) is 17.0 Å². The first-order valence-electron chi connectivity index (χ1n) is 7.77. The van der Waals surface area contributed by atoms with Crippen molar-refractivity contribution in [1.29, 1.82) is 0 Å². The highest BCUT2D eigenvalue weighted by atomic mass is 16.5. The van der Waals surface area contributed by atoms with Gasteiger partial charge in [-0.3, -0.25) is 0 Å². The van der Waals surface area contributed by atoms with Crippen LogP contribution < -0.4 is 0 Å². The molecule has 0 fully saturated rings. The van der Waals surface area contributed by atoms with Crippen molar-refractivity contribution in [1.82, 2.24) is 0 Å². The molecule has 0 spiro atoms. The highest BCUT2D eigenvalue weighted by Gasteiger charge is 2.19. The fourth-order valence-electron chi connectivity index (χ4n) is 2.76. The molecule has 1 heterocycles. The molecule has 1 aliphatic rings. The summed E-state index contributed by atoms with van der Waals surface area (Å²) in [5.41, 5.74) is 4.05. The third-order valence-corrected chi connectivity index (χ3v) is 3.92. The minimum absolute atomic E-state index is 0.598. The van der Waals surface area contributed by atoms with Gasteiger partial charge in [0, 0.05) is 24.8 Å². The normalized spacial score (nSPS) is 14.4. The fraction of sp³-hybridized carbons (Fsp3) is 0.250. The second-order valence-corrected chi connectivity index (χ2v) is 5.52. The lowest BCUT2D eigenvalue weighted by molar-refractivity contribution is -0.463. The lowest BCUT2D eigenvalue weighted by Gasteiger charge is -2.16. The number of rotatable bonds is 2. The monoisotopic (exact) mass is 289 g/mol. The van der Waals surface area contributed by atoms with Gasteiger partial charge in [0.2, 0.25) is 0 Å². The summed E-state index contributed by atoms with van der Waals surface area (Å²) in [6.45, 7) is 0.598. The zero-order valence-electron chi connectivity index (χ0n) is 12.6. The molecule has 2 aromatic carbocycles. The third kappa shape index (κ3) is 3.38. The van der Waals surface area contributed by atoms with Crippen molar-refractivity contribution in [2.45, 2.75) is 25.7 Å². The van der Waals surface area contributed by atoms with Crippen LogP contribution in [0.4, 0.5) is 0 Å². The molecular weight excluding hydrogens is 270 g/mol. The van der Waals surface area contributed by atoms with E-state index < -0.39 is 0 Å². The Kier molecular flexibility index (Phi) is 4.56. The maximum Gasteiger partial charge on any atom is 0.195 e. The number of hydrogen-bond acceptors (Lipinski definition) is 1. The van der Waals surface area contributed by atoms with Gasteiger partial charge >= 0.3 is 0 Å². The van der Waals surface area contributed by atoms with Gasteiger partial charge in [0.15, 0.2) is 12.3 Å². The van der Waals surface area contributed by atoms with Gasteiger partial charge in [0.05, 0.1) is 5.56 Å². The SMILES string of the molecule is [O-][N+]1=C(c2ccccc2C#CCc2ccccc2)CCCC1. The van der Waals surface area contributed by atoms with Crippen LogP contribution in [-0.2, 0) is 6.42 Å². The quantitative estimate of drug-likeness (QED) is 0.469. The topological polar surface area (TPSA) is 26.1 Å². The number of hydroxylamine groups is 1. The molecule has 0 radical (unpaired) electrons. The molecule has 0 unspecified atom stereocenters. The number of nitrogens with zero attached hydrogens (tertiary/aromatic N) is 1. The van der Waals surface area contributed by atoms with E-state index in [0.29, 0.717) is 6.54 Å². The van der Waals surface area contributed by atoms with E-state index in [2.05, 4.69) is 24.0 Å². The number of hydrogen-bond donors (Lipinski definition) is 0. The van der Waals surface area contributed by atoms with Gasteiger partial charge < -0.3 is 5.21 Å². The first-order chi connectivity index (χ1) is 10.8. The van der Waals surface area contributed by atoms with Crippen LogP contribution >= 0.6 is 0 Å². The smallest absolute Gasteiger partial charge is 0.195 e. The van der Waals surface area contributed by atoms with Crippen molar-refractivity contribution in [3.05, 3.63) is 76.5 Å². The van der Waals surface area contributed by atoms with E-state index in [4.69, 9.17) is 0 Å². The van der Waals surface area contributed by atoms with E-state index in [1.54, 1.807) is 0 Å². The summed E-state index contributed by atoms with van der Waals surface area (Å²) in [7, 11) is 0. The van der Waals surface area contributed by atoms with Crippen molar-refractivity contribution in [3.63, 3.8) is 0 Å². The van der Waals surface area contributed by atoms with Gasteiger partial charge in [0.1, 0.15) is 0 Å². The van der Waals surface area contributed by atoms with Crippen molar-refractivity contribution in [2.24, 2.45) is 0 Å². The summed E-state index contributed by atoms with van der Waals surface area (Å²) in [6, 6.07) is 18.2. The Morgan fingerprint density at radius 3 is 2.55 bits per heavy atom. The average Bonchev–Trinajstić information content (AvgIpc) is 2.57. The summed E-state index contributed by atoms with van der Waals surface area (Å²) in [5.74, 6) is 6.47. The van der Waals surface area contributed by atoms with Crippen LogP contribution in [0.15, 0.2) is 54.6 Å². The summed E-state index contributed by atoms with van der Waals surface area (Å²) < 4.78 is 1.14. The predicted molar refractivity (Wildman–Crippen MR) is 89.9 cm³/mol. The lowest BCUT2D eigenvalue weighted by Crippen LogP contribution is -2.23. The summed E-state index contributed by atoms with van der Waals surface area (Å²) in [6.07, 6.45) is 3.64. The Hall–Kier alpha value is -2.53.